The summed E-state index contributed by atoms with van der Waals surface area (Å²) in [5.74, 6) is 2.12. The zero-order valence-electron chi connectivity index (χ0n) is 10.5. The maximum absolute atomic E-state index is 5.88. The summed E-state index contributed by atoms with van der Waals surface area (Å²) in [6.45, 7) is 4.32. The van der Waals surface area contributed by atoms with Crippen molar-refractivity contribution in [3.63, 3.8) is 0 Å². The Balaban J connectivity index is 2.15. The average molecular weight is 226 g/mol. The SMILES string of the molecule is Cc1ccc(C2(C)CCCc3ccccc32)o1. The van der Waals surface area contributed by atoms with Gasteiger partial charge in [-0.05, 0) is 56.4 Å². The van der Waals surface area contributed by atoms with E-state index in [0.29, 0.717) is 0 Å². The van der Waals surface area contributed by atoms with E-state index in [1.165, 1.54) is 30.4 Å². The molecule has 0 aliphatic heterocycles. The smallest absolute Gasteiger partial charge is 0.114 e. The van der Waals surface area contributed by atoms with Crippen LogP contribution in [-0.2, 0) is 11.8 Å². The van der Waals surface area contributed by atoms with Crippen molar-refractivity contribution in [1.29, 1.82) is 0 Å². The topological polar surface area (TPSA) is 13.1 Å². The number of benzene rings is 1. The van der Waals surface area contributed by atoms with Crippen LogP contribution in [-0.4, -0.2) is 0 Å². The summed E-state index contributed by atoms with van der Waals surface area (Å²) in [5.41, 5.74) is 2.99. The molecule has 1 heteroatoms. The highest BCUT2D eigenvalue weighted by Crippen LogP contribution is 2.42. The van der Waals surface area contributed by atoms with Crippen LogP contribution >= 0.6 is 0 Å². The molecule has 1 aliphatic carbocycles. The first-order valence-corrected chi connectivity index (χ1v) is 6.35. The largest absolute Gasteiger partial charge is 0.465 e. The highest BCUT2D eigenvalue weighted by Gasteiger charge is 2.35. The summed E-state index contributed by atoms with van der Waals surface area (Å²) in [6.07, 6.45) is 3.62. The van der Waals surface area contributed by atoms with Crippen LogP contribution in [0.2, 0.25) is 0 Å². The van der Waals surface area contributed by atoms with E-state index in [2.05, 4.69) is 43.3 Å². The fourth-order valence-electron chi connectivity index (χ4n) is 3.03. The molecule has 0 fully saturated rings. The van der Waals surface area contributed by atoms with Crippen molar-refractivity contribution in [2.45, 2.75) is 38.5 Å². The first-order chi connectivity index (χ1) is 8.20. The van der Waals surface area contributed by atoms with Gasteiger partial charge >= 0.3 is 0 Å². The molecule has 1 atom stereocenters. The highest BCUT2D eigenvalue weighted by molar-refractivity contribution is 5.42. The van der Waals surface area contributed by atoms with Gasteiger partial charge in [-0.1, -0.05) is 24.3 Å². The van der Waals surface area contributed by atoms with Crippen LogP contribution in [0.1, 0.15) is 42.4 Å². The third kappa shape index (κ3) is 1.61. The Kier molecular flexibility index (Phi) is 2.36. The second kappa shape index (κ2) is 3.76. The molecule has 0 radical (unpaired) electrons. The second-order valence-electron chi connectivity index (χ2n) is 5.25. The molecule has 1 aliphatic rings. The molecule has 0 saturated carbocycles. The fraction of sp³-hybridized carbons (Fsp3) is 0.375. The summed E-state index contributed by atoms with van der Waals surface area (Å²) in [4.78, 5) is 0. The van der Waals surface area contributed by atoms with Crippen molar-refractivity contribution in [2.75, 3.05) is 0 Å². The van der Waals surface area contributed by atoms with E-state index in [1.54, 1.807) is 0 Å². The molecule has 1 aromatic carbocycles. The van der Waals surface area contributed by atoms with Gasteiger partial charge in [-0.25, -0.2) is 0 Å². The zero-order chi connectivity index (χ0) is 11.9. The van der Waals surface area contributed by atoms with Crippen LogP contribution in [0.3, 0.4) is 0 Å². The lowest BCUT2D eigenvalue weighted by Crippen LogP contribution is -2.28. The van der Waals surface area contributed by atoms with Crippen molar-refractivity contribution >= 4 is 0 Å². The number of hydrogen-bond acceptors (Lipinski definition) is 1. The summed E-state index contributed by atoms with van der Waals surface area (Å²) < 4.78 is 5.88. The molecule has 2 aromatic rings. The van der Waals surface area contributed by atoms with Gasteiger partial charge in [0.1, 0.15) is 11.5 Å². The van der Waals surface area contributed by atoms with E-state index in [4.69, 9.17) is 4.42 Å². The Bertz CT molecular complexity index is 538. The predicted octanol–water partition coefficient (Wildman–Crippen LogP) is 4.23. The summed E-state index contributed by atoms with van der Waals surface area (Å²) in [7, 11) is 0. The van der Waals surface area contributed by atoms with Gasteiger partial charge in [0, 0.05) is 0 Å². The van der Waals surface area contributed by atoms with Crippen LogP contribution in [0, 0.1) is 6.92 Å². The molecule has 1 aromatic heterocycles. The van der Waals surface area contributed by atoms with Crippen LogP contribution in [0.4, 0.5) is 0 Å². The number of furan rings is 1. The van der Waals surface area contributed by atoms with Gasteiger partial charge < -0.3 is 4.42 Å². The predicted molar refractivity (Wildman–Crippen MR) is 69.3 cm³/mol. The number of aryl methyl sites for hydroxylation is 2. The molecule has 3 rings (SSSR count). The maximum atomic E-state index is 5.88. The number of fused-ring (bicyclic) bond motifs is 1. The van der Waals surface area contributed by atoms with Gasteiger partial charge in [0.05, 0.1) is 5.41 Å². The standard InChI is InChI=1S/C16H18O/c1-12-9-10-15(17-12)16(2)11-5-7-13-6-3-4-8-14(13)16/h3-4,6,8-10H,5,7,11H2,1-2H3. The summed E-state index contributed by atoms with van der Waals surface area (Å²) >= 11 is 0. The lowest BCUT2D eigenvalue weighted by molar-refractivity contribution is 0.357. The first kappa shape index (κ1) is 10.6. The molecule has 0 amide bonds. The van der Waals surface area contributed by atoms with Gasteiger partial charge in [-0.3, -0.25) is 0 Å². The Morgan fingerprint density at radius 3 is 2.71 bits per heavy atom. The summed E-state index contributed by atoms with van der Waals surface area (Å²) in [6, 6.07) is 13.0. The zero-order valence-corrected chi connectivity index (χ0v) is 10.5. The fourth-order valence-corrected chi connectivity index (χ4v) is 3.03. The monoisotopic (exact) mass is 226 g/mol. The number of rotatable bonds is 1. The molecule has 17 heavy (non-hydrogen) atoms. The van der Waals surface area contributed by atoms with Crippen LogP contribution < -0.4 is 0 Å². The summed E-state index contributed by atoms with van der Waals surface area (Å²) in [5, 5.41) is 0. The molecule has 1 nitrogen and oxygen atoms in total. The van der Waals surface area contributed by atoms with Gasteiger partial charge in [0.15, 0.2) is 0 Å². The van der Waals surface area contributed by atoms with E-state index in [0.717, 1.165) is 11.5 Å². The quantitative estimate of drug-likeness (QED) is 0.709. The van der Waals surface area contributed by atoms with Crippen molar-refractivity contribution < 1.29 is 4.42 Å². The van der Waals surface area contributed by atoms with Crippen molar-refractivity contribution in [1.82, 2.24) is 0 Å². The van der Waals surface area contributed by atoms with E-state index in [9.17, 15) is 0 Å². The van der Waals surface area contributed by atoms with Gasteiger partial charge in [-0.2, -0.15) is 0 Å². The van der Waals surface area contributed by atoms with Gasteiger partial charge in [0.2, 0.25) is 0 Å². The van der Waals surface area contributed by atoms with Crippen molar-refractivity contribution in [3.8, 4) is 0 Å². The van der Waals surface area contributed by atoms with Crippen molar-refractivity contribution in [3.05, 3.63) is 59.0 Å². The normalized spacial score (nSPS) is 23.4. The van der Waals surface area contributed by atoms with Crippen LogP contribution in [0.25, 0.3) is 0 Å². The molecule has 1 heterocycles. The van der Waals surface area contributed by atoms with E-state index >= 15 is 0 Å². The minimum atomic E-state index is 0.0586. The lowest BCUT2D eigenvalue weighted by atomic mass is 9.70. The average Bonchev–Trinajstić information content (AvgIpc) is 2.77. The maximum Gasteiger partial charge on any atom is 0.114 e. The van der Waals surface area contributed by atoms with Gasteiger partial charge in [0.25, 0.3) is 0 Å². The first-order valence-electron chi connectivity index (χ1n) is 6.35. The van der Waals surface area contributed by atoms with E-state index < -0.39 is 0 Å². The Morgan fingerprint density at radius 1 is 1.12 bits per heavy atom. The Morgan fingerprint density at radius 2 is 1.94 bits per heavy atom. The van der Waals surface area contributed by atoms with Crippen molar-refractivity contribution in [2.24, 2.45) is 0 Å². The molecular weight excluding hydrogens is 208 g/mol. The highest BCUT2D eigenvalue weighted by atomic mass is 16.3. The lowest BCUT2D eigenvalue weighted by Gasteiger charge is -2.34. The van der Waals surface area contributed by atoms with E-state index in [-0.39, 0.29) is 5.41 Å². The van der Waals surface area contributed by atoms with Crippen LogP contribution in [0.15, 0.2) is 40.8 Å². The second-order valence-corrected chi connectivity index (χ2v) is 5.25. The molecule has 0 saturated heterocycles. The molecule has 1 unspecified atom stereocenters. The third-order valence-electron chi connectivity index (χ3n) is 4.02. The molecule has 0 bridgehead atoms. The third-order valence-corrected chi connectivity index (χ3v) is 4.02. The van der Waals surface area contributed by atoms with Crippen LogP contribution in [0.5, 0.6) is 0 Å². The Hall–Kier alpha value is -1.50. The molecule has 0 N–H and O–H groups in total. The van der Waals surface area contributed by atoms with E-state index in [1.807, 2.05) is 6.92 Å². The minimum absolute atomic E-state index is 0.0586. The minimum Gasteiger partial charge on any atom is -0.465 e. The Labute approximate surface area is 102 Å². The van der Waals surface area contributed by atoms with Gasteiger partial charge in [-0.15, -0.1) is 0 Å². The molecule has 0 spiro atoms. The number of hydrogen-bond donors (Lipinski definition) is 0. The molecule has 88 valence electrons. The molecular formula is C16H18O.